The van der Waals surface area contributed by atoms with E-state index in [2.05, 4.69) is 0 Å². The Hall–Kier alpha value is -0.830. The molecule has 0 spiro atoms. The highest BCUT2D eigenvalue weighted by Gasteiger charge is 2.20. The Morgan fingerprint density at radius 2 is 2.00 bits per heavy atom. The lowest BCUT2D eigenvalue weighted by Gasteiger charge is -2.21. The predicted molar refractivity (Wildman–Crippen MR) is 61.2 cm³/mol. The van der Waals surface area contributed by atoms with Crippen molar-refractivity contribution in [2.75, 3.05) is 24.8 Å². The first-order chi connectivity index (χ1) is 7.05. The molecule has 0 aliphatic rings. The highest BCUT2D eigenvalue weighted by molar-refractivity contribution is 7.52. The first-order valence-corrected chi connectivity index (χ1v) is 6.54. The molecular formula is C10H16NO3P. The second-order valence-electron chi connectivity index (χ2n) is 3.23. The summed E-state index contributed by atoms with van der Waals surface area (Å²) in [5.74, 6) is 0. The van der Waals surface area contributed by atoms with Crippen LogP contribution in [0.3, 0.4) is 0 Å². The number of rotatable bonds is 5. The molecule has 0 bridgehead atoms. The first-order valence-electron chi connectivity index (χ1n) is 4.77. The predicted octanol–water partition coefficient (Wildman–Crippen LogP) is 2.30. The van der Waals surface area contributed by atoms with E-state index in [9.17, 15) is 9.46 Å². The normalized spacial score (nSPS) is 14.6. The zero-order valence-corrected chi connectivity index (χ0v) is 9.85. The molecule has 0 saturated heterocycles. The van der Waals surface area contributed by atoms with Gasteiger partial charge in [0.25, 0.3) is 0 Å². The molecule has 0 fully saturated rings. The summed E-state index contributed by atoms with van der Waals surface area (Å²) in [5.41, 5.74) is 0.895. The van der Waals surface area contributed by atoms with Gasteiger partial charge in [-0.2, -0.15) is 0 Å². The molecular weight excluding hydrogens is 213 g/mol. The molecule has 1 N–H and O–H groups in total. The van der Waals surface area contributed by atoms with Crippen LogP contribution in [-0.2, 0) is 9.09 Å². The Bertz CT molecular complexity index is 342. The number of hydrogen-bond acceptors (Lipinski definition) is 3. The summed E-state index contributed by atoms with van der Waals surface area (Å²) in [6.45, 7) is 1.95. The average molecular weight is 229 g/mol. The van der Waals surface area contributed by atoms with Crippen molar-refractivity contribution >= 4 is 13.3 Å². The third kappa shape index (κ3) is 4.04. The van der Waals surface area contributed by atoms with E-state index in [1.54, 1.807) is 18.9 Å². The summed E-state index contributed by atoms with van der Waals surface area (Å²) in [4.78, 5) is 11.1. The molecule has 0 amide bonds. The van der Waals surface area contributed by atoms with Crippen LogP contribution in [0.5, 0.6) is 0 Å². The van der Waals surface area contributed by atoms with Crippen LogP contribution in [-0.4, -0.2) is 24.8 Å². The van der Waals surface area contributed by atoms with Gasteiger partial charge in [-0.3, -0.25) is 4.57 Å². The second kappa shape index (κ2) is 5.31. The Kier molecular flexibility index (Phi) is 4.33. The summed E-state index contributed by atoms with van der Waals surface area (Å²) in [6, 6.07) is 9.43. The maximum absolute atomic E-state index is 11.5. The highest BCUT2D eigenvalue weighted by atomic mass is 31.2. The molecule has 1 aromatic carbocycles. The van der Waals surface area contributed by atoms with Crippen LogP contribution in [0.2, 0.25) is 0 Å². The van der Waals surface area contributed by atoms with Crippen molar-refractivity contribution in [2.24, 2.45) is 0 Å². The van der Waals surface area contributed by atoms with Crippen LogP contribution in [0.4, 0.5) is 5.69 Å². The number of hydrogen-bond donors (Lipinski definition) is 1. The van der Waals surface area contributed by atoms with Gasteiger partial charge in [0.2, 0.25) is 0 Å². The zero-order valence-electron chi connectivity index (χ0n) is 8.96. The number of anilines is 1. The SMILES string of the molecule is CCOP(=O)(O)CN(C)c1ccccc1. The quantitative estimate of drug-likeness (QED) is 0.787. The maximum atomic E-state index is 11.5. The fourth-order valence-electron chi connectivity index (χ4n) is 1.27. The smallest absolute Gasteiger partial charge is 0.347 e. The molecule has 15 heavy (non-hydrogen) atoms. The van der Waals surface area contributed by atoms with Gasteiger partial charge in [0.1, 0.15) is 6.29 Å². The molecule has 0 aliphatic carbocycles. The van der Waals surface area contributed by atoms with E-state index in [-0.39, 0.29) is 12.9 Å². The van der Waals surface area contributed by atoms with E-state index >= 15 is 0 Å². The van der Waals surface area contributed by atoms with Crippen molar-refractivity contribution in [3.8, 4) is 0 Å². The van der Waals surface area contributed by atoms with Crippen LogP contribution in [0.15, 0.2) is 30.3 Å². The topological polar surface area (TPSA) is 49.8 Å². The molecule has 0 aromatic heterocycles. The molecule has 84 valence electrons. The molecule has 0 heterocycles. The summed E-state index contributed by atoms with van der Waals surface area (Å²) in [6.07, 6.45) is 0.00481. The lowest BCUT2D eigenvalue weighted by Crippen LogP contribution is -2.19. The second-order valence-corrected chi connectivity index (χ2v) is 5.05. The fraction of sp³-hybridized carbons (Fsp3) is 0.400. The largest absolute Gasteiger partial charge is 0.363 e. The van der Waals surface area contributed by atoms with Gasteiger partial charge in [-0.05, 0) is 19.1 Å². The van der Waals surface area contributed by atoms with Gasteiger partial charge in [0.05, 0.1) is 6.61 Å². The van der Waals surface area contributed by atoms with Crippen LogP contribution >= 0.6 is 7.60 Å². The summed E-state index contributed by atoms with van der Waals surface area (Å²) < 4.78 is 16.3. The average Bonchev–Trinajstić information content (AvgIpc) is 2.18. The third-order valence-electron chi connectivity index (χ3n) is 1.92. The molecule has 5 heteroatoms. The molecule has 1 aromatic rings. The van der Waals surface area contributed by atoms with Crippen LogP contribution in [0, 0.1) is 0 Å². The van der Waals surface area contributed by atoms with E-state index in [0.29, 0.717) is 0 Å². The van der Waals surface area contributed by atoms with Crippen LogP contribution in [0.25, 0.3) is 0 Å². The standard InChI is InChI=1S/C10H16NO3P/c1-3-14-15(12,13)9-11(2)10-7-5-4-6-8-10/h4-8H,3,9H2,1-2H3,(H,12,13). The molecule has 1 rings (SSSR count). The Morgan fingerprint density at radius 3 is 2.53 bits per heavy atom. The van der Waals surface area contributed by atoms with Crippen LogP contribution in [0.1, 0.15) is 6.92 Å². The van der Waals surface area contributed by atoms with Gasteiger partial charge in [-0.15, -0.1) is 0 Å². The lowest BCUT2D eigenvalue weighted by molar-refractivity contribution is 0.274. The molecule has 4 nitrogen and oxygen atoms in total. The molecule has 0 aliphatic heterocycles. The molecule has 1 atom stereocenters. The van der Waals surface area contributed by atoms with Gasteiger partial charge in [-0.25, -0.2) is 0 Å². The van der Waals surface area contributed by atoms with E-state index in [1.165, 1.54) is 0 Å². The first kappa shape index (κ1) is 12.2. The third-order valence-corrected chi connectivity index (χ3v) is 3.36. The van der Waals surface area contributed by atoms with Gasteiger partial charge < -0.3 is 14.3 Å². The van der Waals surface area contributed by atoms with Gasteiger partial charge in [0.15, 0.2) is 0 Å². The fourth-order valence-corrected chi connectivity index (χ4v) is 2.46. The number of para-hydroxylation sites is 1. The minimum absolute atomic E-state index is 0.00481. The molecule has 0 radical (unpaired) electrons. The van der Waals surface area contributed by atoms with E-state index in [0.717, 1.165) is 5.69 Å². The van der Waals surface area contributed by atoms with E-state index in [1.807, 2.05) is 30.3 Å². The summed E-state index contributed by atoms with van der Waals surface area (Å²) >= 11 is 0. The van der Waals surface area contributed by atoms with Crippen molar-refractivity contribution in [1.82, 2.24) is 0 Å². The maximum Gasteiger partial charge on any atom is 0.347 e. The molecule has 1 unspecified atom stereocenters. The Balaban J connectivity index is 2.64. The van der Waals surface area contributed by atoms with E-state index in [4.69, 9.17) is 4.52 Å². The summed E-state index contributed by atoms with van der Waals surface area (Å²) in [5, 5.41) is 0. The van der Waals surface area contributed by atoms with Gasteiger partial charge in [0, 0.05) is 12.7 Å². The van der Waals surface area contributed by atoms with Gasteiger partial charge >= 0.3 is 7.60 Å². The number of benzene rings is 1. The zero-order chi connectivity index (χ0) is 11.3. The van der Waals surface area contributed by atoms with Crippen molar-refractivity contribution in [1.29, 1.82) is 0 Å². The van der Waals surface area contributed by atoms with Crippen molar-refractivity contribution in [2.45, 2.75) is 6.92 Å². The Labute approximate surface area is 90.0 Å². The van der Waals surface area contributed by atoms with Crippen molar-refractivity contribution in [3.63, 3.8) is 0 Å². The highest BCUT2D eigenvalue weighted by Crippen LogP contribution is 2.42. The van der Waals surface area contributed by atoms with Gasteiger partial charge in [-0.1, -0.05) is 18.2 Å². The minimum atomic E-state index is -3.49. The molecule has 0 saturated carbocycles. The lowest BCUT2D eigenvalue weighted by atomic mass is 10.3. The monoisotopic (exact) mass is 229 g/mol. The Morgan fingerprint density at radius 1 is 1.40 bits per heavy atom. The summed E-state index contributed by atoms with van der Waals surface area (Å²) in [7, 11) is -1.73. The van der Waals surface area contributed by atoms with E-state index < -0.39 is 7.60 Å². The van der Waals surface area contributed by atoms with Crippen molar-refractivity contribution in [3.05, 3.63) is 30.3 Å². The van der Waals surface area contributed by atoms with Crippen molar-refractivity contribution < 1.29 is 14.0 Å². The van der Waals surface area contributed by atoms with Crippen LogP contribution < -0.4 is 4.90 Å². The number of nitrogens with zero attached hydrogens (tertiary/aromatic N) is 1. The minimum Gasteiger partial charge on any atom is -0.363 e.